The number of carboxylic acid groups (broad SMARTS) is 1. The van der Waals surface area contributed by atoms with Gasteiger partial charge in [0.2, 0.25) is 5.76 Å². The number of ketones is 1. The van der Waals surface area contributed by atoms with E-state index in [1.807, 2.05) is 6.92 Å². The summed E-state index contributed by atoms with van der Waals surface area (Å²) in [6.07, 6.45) is 12.2. The molecule has 1 aliphatic rings. The van der Waals surface area contributed by atoms with E-state index in [1.54, 1.807) is 0 Å². The van der Waals surface area contributed by atoms with E-state index in [-0.39, 0.29) is 11.7 Å². The minimum Gasteiger partial charge on any atom is -0.475 e. The minimum atomic E-state index is -1.24. The van der Waals surface area contributed by atoms with Crippen molar-refractivity contribution in [3.63, 3.8) is 0 Å². The van der Waals surface area contributed by atoms with E-state index in [4.69, 9.17) is 9.84 Å². The Bertz CT molecular complexity index is 549. The average molecular weight is 380 g/mol. The van der Waals surface area contributed by atoms with E-state index < -0.39 is 11.9 Å². The number of aliphatic carboxylic acids is 1. The molecule has 0 amide bonds. The quantitative estimate of drug-likeness (QED) is 0.170. The number of Topliss-reactive ketones (excluding diaryl/α,β-unsaturated/α-hetero) is 1. The Morgan fingerprint density at radius 3 is 2.67 bits per heavy atom. The third-order valence-corrected chi connectivity index (χ3v) is 4.66. The molecule has 27 heavy (non-hydrogen) atoms. The summed E-state index contributed by atoms with van der Waals surface area (Å²) in [5, 5.41) is 8.97. The van der Waals surface area contributed by atoms with Gasteiger partial charge in [-0.2, -0.15) is 0 Å². The lowest BCUT2D eigenvalue weighted by atomic mass is 9.89. The van der Waals surface area contributed by atoms with Crippen molar-refractivity contribution >= 4 is 17.7 Å². The van der Waals surface area contributed by atoms with Gasteiger partial charge in [0.25, 0.3) is 0 Å². The zero-order valence-electron chi connectivity index (χ0n) is 16.4. The molecule has 1 N–H and O–H groups in total. The zero-order chi connectivity index (χ0) is 20.1. The van der Waals surface area contributed by atoms with Crippen molar-refractivity contribution in [1.82, 2.24) is 0 Å². The number of ether oxygens (including phenoxy) is 2. The molecule has 6 heteroatoms. The second-order valence-electron chi connectivity index (χ2n) is 6.79. The Labute approximate surface area is 161 Å². The van der Waals surface area contributed by atoms with Crippen molar-refractivity contribution in [2.45, 2.75) is 65.2 Å². The lowest BCUT2D eigenvalue weighted by Crippen LogP contribution is -2.13. The number of carbonyl (C=O) groups is 3. The minimum absolute atomic E-state index is 0.0736. The van der Waals surface area contributed by atoms with E-state index in [0.29, 0.717) is 24.5 Å². The van der Waals surface area contributed by atoms with E-state index in [2.05, 4.69) is 16.9 Å². The average Bonchev–Trinajstić information content (AvgIpc) is 2.96. The maximum Gasteiger partial charge on any atom is 0.371 e. The Morgan fingerprint density at radius 1 is 1.22 bits per heavy atom. The zero-order valence-corrected chi connectivity index (χ0v) is 16.4. The number of carboxylic acids is 1. The lowest BCUT2D eigenvalue weighted by molar-refractivity contribution is -0.146. The molecule has 0 aromatic carbocycles. The van der Waals surface area contributed by atoms with Gasteiger partial charge >= 0.3 is 11.9 Å². The van der Waals surface area contributed by atoms with Crippen molar-refractivity contribution in [2.75, 3.05) is 13.2 Å². The summed E-state index contributed by atoms with van der Waals surface area (Å²) in [5.41, 5.74) is 0. The molecule has 152 valence electrons. The maximum atomic E-state index is 12.1. The number of hydrogen-bond acceptors (Lipinski definition) is 5. The molecule has 0 saturated heterocycles. The molecule has 6 nitrogen and oxygen atoms in total. The fraction of sp³-hybridized carbons (Fsp3) is 0.667. The second kappa shape index (κ2) is 13.3. The Morgan fingerprint density at radius 2 is 2.00 bits per heavy atom. The van der Waals surface area contributed by atoms with Gasteiger partial charge in [0, 0.05) is 32.5 Å². The van der Waals surface area contributed by atoms with Gasteiger partial charge in [-0.1, -0.05) is 18.6 Å². The van der Waals surface area contributed by atoms with Gasteiger partial charge in [0.05, 0.1) is 0 Å². The third kappa shape index (κ3) is 9.52. The number of hydrogen-bond donors (Lipinski definition) is 1. The molecule has 0 heterocycles. The highest BCUT2D eigenvalue weighted by Gasteiger charge is 2.32. The molecule has 0 unspecified atom stereocenters. The predicted molar refractivity (Wildman–Crippen MR) is 102 cm³/mol. The van der Waals surface area contributed by atoms with Gasteiger partial charge in [-0.25, -0.2) is 4.79 Å². The summed E-state index contributed by atoms with van der Waals surface area (Å²) in [4.78, 5) is 34.0. The monoisotopic (exact) mass is 380 g/mol. The molecule has 0 aromatic heterocycles. The van der Waals surface area contributed by atoms with Crippen LogP contribution in [-0.2, 0) is 23.9 Å². The molecule has 0 aromatic rings. The van der Waals surface area contributed by atoms with Gasteiger partial charge in [-0.15, -0.1) is 0 Å². The van der Waals surface area contributed by atoms with Crippen LogP contribution in [0.15, 0.2) is 24.0 Å². The van der Waals surface area contributed by atoms with Crippen LogP contribution >= 0.6 is 0 Å². The first-order valence-corrected chi connectivity index (χ1v) is 9.84. The van der Waals surface area contributed by atoms with E-state index in [0.717, 1.165) is 51.7 Å². The first-order chi connectivity index (χ1) is 13.0. The van der Waals surface area contributed by atoms with Crippen molar-refractivity contribution in [1.29, 1.82) is 0 Å². The fourth-order valence-corrected chi connectivity index (χ4v) is 3.33. The molecule has 1 rings (SSSR count). The maximum absolute atomic E-state index is 12.1. The van der Waals surface area contributed by atoms with Crippen molar-refractivity contribution in [3.05, 3.63) is 24.0 Å². The van der Waals surface area contributed by atoms with E-state index >= 15 is 0 Å². The van der Waals surface area contributed by atoms with Gasteiger partial charge in [-0.3, -0.25) is 9.59 Å². The molecular weight excluding hydrogens is 348 g/mol. The molecule has 2 atom stereocenters. The summed E-state index contributed by atoms with van der Waals surface area (Å²) in [7, 11) is 0. The highest BCUT2D eigenvalue weighted by molar-refractivity contribution is 5.87. The Hall–Kier alpha value is -1.95. The second-order valence-corrected chi connectivity index (χ2v) is 6.79. The van der Waals surface area contributed by atoms with Crippen LogP contribution < -0.4 is 0 Å². The summed E-state index contributed by atoms with van der Waals surface area (Å²) in [6, 6.07) is 0. The van der Waals surface area contributed by atoms with Crippen LogP contribution in [-0.4, -0.2) is 36.0 Å². The third-order valence-electron chi connectivity index (χ3n) is 4.66. The first kappa shape index (κ1) is 23.1. The number of allylic oxidation sites excluding steroid dienone is 3. The first-order valence-electron chi connectivity index (χ1n) is 9.84. The predicted octanol–water partition coefficient (Wildman–Crippen LogP) is 4.05. The fourth-order valence-electron chi connectivity index (χ4n) is 3.33. The standard InChI is InChI=1S/C21H32O6/c1-3-26-15-9-5-6-10-17-13-14-19(23)18(17)11-7-4-8-12-20(21(24)25)27-16(2)22/h6,10,12,17-18H,3-5,7-9,11,13-15H2,1-2H3,(H,24,25)/b10-6+,20-12-/t17-,18+/m0/s1. The topological polar surface area (TPSA) is 89.9 Å². The number of esters is 1. The molecule has 1 saturated carbocycles. The van der Waals surface area contributed by atoms with Crippen LogP contribution in [0.5, 0.6) is 0 Å². The Kier molecular flexibility index (Phi) is 11.3. The van der Waals surface area contributed by atoms with Crippen LogP contribution in [0.25, 0.3) is 0 Å². The molecule has 0 radical (unpaired) electrons. The number of rotatable bonds is 13. The SMILES string of the molecule is CCOCCC/C=C/[C@H]1CCC(=O)[C@@H]1CCCC/C=C(\OC(C)=O)C(=O)O. The van der Waals surface area contributed by atoms with Crippen molar-refractivity contribution < 1.29 is 29.0 Å². The number of carbonyl (C=O) groups excluding carboxylic acids is 2. The van der Waals surface area contributed by atoms with Crippen LogP contribution in [0.4, 0.5) is 0 Å². The Balaban J connectivity index is 2.36. The summed E-state index contributed by atoms with van der Waals surface area (Å²) >= 11 is 0. The molecule has 0 spiro atoms. The molecule has 0 aliphatic heterocycles. The lowest BCUT2D eigenvalue weighted by Gasteiger charge is -2.14. The van der Waals surface area contributed by atoms with Crippen molar-refractivity contribution in [3.8, 4) is 0 Å². The van der Waals surface area contributed by atoms with Crippen molar-refractivity contribution in [2.24, 2.45) is 11.8 Å². The molecule has 1 fully saturated rings. The smallest absolute Gasteiger partial charge is 0.371 e. The highest BCUT2D eigenvalue weighted by atomic mass is 16.6. The van der Waals surface area contributed by atoms with Crippen LogP contribution in [0.2, 0.25) is 0 Å². The van der Waals surface area contributed by atoms with E-state index in [9.17, 15) is 14.4 Å². The molecular formula is C21H32O6. The normalized spacial score (nSPS) is 20.4. The van der Waals surface area contributed by atoms with Crippen LogP contribution in [0.1, 0.15) is 65.2 Å². The van der Waals surface area contributed by atoms with Crippen LogP contribution in [0.3, 0.4) is 0 Å². The largest absolute Gasteiger partial charge is 0.475 e. The van der Waals surface area contributed by atoms with Crippen LogP contribution in [0, 0.1) is 11.8 Å². The summed E-state index contributed by atoms with van der Waals surface area (Å²) in [5.74, 6) is -1.49. The van der Waals surface area contributed by atoms with Gasteiger partial charge in [0.15, 0.2) is 0 Å². The number of unbranched alkanes of at least 4 members (excludes halogenated alkanes) is 3. The van der Waals surface area contributed by atoms with Gasteiger partial charge in [-0.05, 0) is 57.4 Å². The van der Waals surface area contributed by atoms with Gasteiger partial charge < -0.3 is 14.6 Å². The summed E-state index contributed by atoms with van der Waals surface area (Å²) in [6.45, 7) is 4.67. The highest BCUT2D eigenvalue weighted by Crippen LogP contribution is 2.33. The summed E-state index contributed by atoms with van der Waals surface area (Å²) < 4.78 is 9.97. The molecule has 1 aliphatic carbocycles. The van der Waals surface area contributed by atoms with E-state index in [1.165, 1.54) is 13.0 Å². The molecule has 0 bridgehead atoms. The van der Waals surface area contributed by atoms with Gasteiger partial charge in [0.1, 0.15) is 5.78 Å².